The number of rotatable bonds is 3. The fraction of sp³-hybridized carbons (Fsp3) is 0.667. The lowest BCUT2D eigenvalue weighted by Crippen LogP contribution is -2.36. The van der Waals surface area contributed by atoms with Gasteiger partial charge in [-0.15, -0.1) is 23.4 Å². The van der Waals surface area contributed by atoms with Crippen molar-refractivity contribution in [1.29, 1.82) is 0 Å². The van der Waals surface area contributed by atoms with E-state index in [-0.39, 0.29) is 10.2 Å². The Morgan fingerprint density at radius 3 is 3.24 bits per heavy atom. The molecule has 1 aliphatic carbocycles. The first-order valence-corrected chi connectivity index (χ1v) is 6.44. The highest BCUT2D eigenvalue weighted by Crippen LogP contribution is 2.63. The van der Waals surface area contributed by atoms with Gasteiger partial charge in [0.15, 0.2) is 5.03 Å². The summed E-state index contributed by atoms with van der Waals surface area (Å²) in [5.41, 5.74) is 0. The third-order valence-corrected chi connectivity index (χ3v) is 4.86. The van der Waals surface area contributed by atoms with E-state index in [0.29, 0.717) is 12.5 Å². The molecule has 0 radical (unpaired) electrons. The Morgan fingerprint density at radius 1 is 1.88 bits per heavy atom. The fourth-order valence-electron chi connectivity index (χ4n) is 1.73. The van der Waals surface area contributed by atoms with Crippen LogP contribution in [0.15, 0.2) is 16.1 Å². The lowest BCUT2D eigenvalue weighted by atomic mass is 10.2. The standard InChI is InChI=1S/C9H13ClN4O2S/c1-11-8(13-14(15)16)12-5-7-3-2-6-4-9(6,10)17-7/h3,6H,2,4-5H2,1H3,(H2,11,12,13)/t6-,9?/m1/s1. The molecular formula is C9H13ClN4O2S. The summed E-state index contributed by atoms with van der Waals surface area (Å²) >= 11 is 7.96. The van der Waals surface area contributed by atoms with Crippen LogP contribution in [0.5, 0.6) is 0 Å². The fourth-order valence-corrected chi connectivity index (χ4v) is 3.61. The highest BCUT2D eigenvalue weighted by Gasteiger charge is 2.55. The van der Waals surface area contributed by atoms with Gasteiger partial charge in [0.25, 0.3) is 5.96 Å². The molecule has 2 atom stereocenters. The number of fused-ring (bicyclic) bond motifs is 1. The zero-order valence-corrected chi connectivity index (χ0v) is 10.8. The van der Waals surface area contributed by atoms with Crippen LogP contribution in [-0.2, 0) is 0 Å². The number of nitro groups is 1. The highest BCUT2D eigenvalue weighted by atomic mass is 35.5. The Hall–Kier alpha value is -0.950. The first-order valence-electron chi connectivity index (χ1n) is 5.25. The molecule has 0 aromatic rings. The van der Waals surface area contributed by atoms with Gasteiger partial charge in [-0.1, -0.05) is 6.08 Å². The molecule has 6 nitrogen and oxygen atoms in total. The van der Waals surface area contributed by atoms with Crippen LogP contribution in [0.2, 0.25) is 0 Å². The van der Waals surface area contributed by atoms with Crippen molar-refractivity contribution in [3.63, 3.8) is 0 Å². The number of nitrogens with one attached hydrogen (secondary N) is 2. The van der Waals surface area contributed by atoms with Gasteiger partial charge in [0, 0.05) is 18.5 Å². The van der Waals surface area contributed by atoms with Crippen LogP contribution in [0.4, 0.5) is 0 Å². The maximum atomic E-state index is 10.2. The van der Waals surface area contributed by atoms with E-state index in [9.17, 15) is 10.1 Å². The van der Waals surface area contributed by atoms with E-state index < -0.39 is 5.03 Å². The molecule has 1 fully saturated rings. The number of thioether (sulfide) groups is 1. The second kappa shape index (κ2) is 4.73. The summed E-state index contributed by atoms with van der Waals surface area (Å²) in [6, 6.07) is 0. The Bertz CT molecular complexity index is 400. The molecule has 2 aliphatic rings. The Balaban J connectivity index is 1.86. The van der Waals surface area contributed by atoms with Gasteiger partial charge in [-0.05, 0) is 18.8 Å². The number of hydrogen-bond acceptors (Lipinski definition) is 3. The summed E-state index contributed by atoms with van der Waals surface area (Å²) in [6.45, 7) is 0.513. The van der Waals surface area contributed by atoms with Crippen molar-refractivity contribution in [2.45, 2.75) is 17.0 Å². The van der Waals surface area contributed by atoms with Crippen molar-refractivity contribution >= 4 is 29.3 Å². The van der Waals surface area contributed by atoms with E-state index in [1.807, 2.05) is 0 Å². The van der Waals surface area contributed by atoms with Gasteiger partial charge in [-0.2, -0.15) is 0 Å². The van der Waals surface area contributed by atoms with Crippen molar-refractivity contribution in [3.8, 4) is 0 Å². The predicted molar refractivity (Wildman–Crippen MR) is 68.5 cm³/mol. The van der Waals surface area contributed by atoms with Crippen molar-refractivity contribution < 1.29 is 5.03 Å². The van der Waals surface area contributed by atoms with Gasteiger partial charge >= 0.3 is 0 Å². The molecule has 1 heterocycles. The molecule has 2 N–H and O–H groups in total. The van der Waals surface area contributed by atoms with Gasteiger partial charge < -0.3 is 10.6 Å². The largest absolute Gasteiger partial charge is 0.354 e. The van der Waals surface area contributed by atoms with Crippen LogP contribution < -0.4 is 10.6 Å². The monoisotopic (exact) mass is 276 g/mol. The smallest absolute Gasteiger partial charge is 0.268 e. The van der Waals surface area contributed by atoms with Gasteiger partial charge in [-0.3, -0.25) is 0 Å². The van der Waals surface area contributed by atoms with Crippen molar-refractivity contribution in [3.05, 3.63) is 21.1 Å². The summed E-state index contributed by atoms with van der Waals surface area (Å²) in [4.78, 5) is 11.3. The summed E-state index contributed by atoms with van der Waals surface area (Å²) < 4.78 is -0.119. The average Bonchev–Trinajstić information content (AvgIpc) is 2.94. The van der Waals surface area contributed by atoms with E-state index in [1.54, 1.807) is 18.8 Å². The lowest BCUT2D eigenvalue weighted by molar-refractivity contribution is -0.485. The minimum Gasteiger partial charge on any atom is -0.354 e. The van der Waals surface area contributed by atoms with Crippen LogP contribution in [0.25, 0.3) is 0 Å². The molecule has 0 aromatic carbocycles. The minimum absolute atomic E-state index is 0.119. The molecule has 8 heteroatoms. The number of hydrazone groups is 1. The third kappa shape index (κ3) is 3.04. The third-order valence-electron chi connectivity index (χ3n) is 2.75. The number of nitrogens with zero attached hydrogens (tertiary/aromatic N) is 2. The topological polar surface area (TPSA) is 79.6 Å². The van der Waals surface area contributed by atoms with E-state index in [4.69, 9.17) is 11.6 Å². The molecule has 0 aromatic heterocycles. The van der Waals surface area contributed by atoms with Crippen molar-refractivity contribution in [2.24, 2.45) is 11.0 Å². The minimum atomic E-state index is -0.735. The van der Waals surface area contributed by atoms with Crippen LogP contribution >= 0.6 is 23.4 Å². The number of halogens is 1. The zero-order valence-electron chi connectivity index (χ0n) is 9.27. The maximum Gasteiger partial charge on any atom is 0.268 e. The first-order chi connectivity index (χ1) is 8.03. The summed E-state index contributed by atoms with van der Waals surface area (Å²) in [7, 11) is 1.58. The Morgan fingerprint density at radius 2 is 2.65 bits per heavy atom. The Kier molecular flexibility index (Phi) is 3.48. The van der Waals surface area contributed by atoms with Gasteiger partial charge in [0.1, 0.15) is 5.10 Å². The molecule has 17 heavy (non-hydrogen) atoms. The van der Waals surface area contributed by atoms with E-state index in [0.717, 1.165) is 17.7 Å². The number of hydrogen-bond donors (Lipinski definition) is 2. The van der Waals surface area contributed by atoms with E-state index in [1.165, 1.54) is 0 Å². The van der Waals surface area contributed by atoms with Crippen LogP contribution in [-0.4, -0.2) is 28.8 Å². The second-order valence-corrected chi connectivity index (χ2v) is 6.34. The van der Waals surface area contributed by atoms with E-state index in [2.05, 4.69) is 21.8 Å². The molecular weight excluding hydrogens is 264 g/mol. The quantitative estimate of drug-likeness (QED) is 0.267. The summed E-state index contributed by atoms with van der Waals surface area (Å²) in [6.07, 6.45) is 4.17. The van der Waals surface area contributed by atoms with Gasteiger partial charge in [0.05, 0.1) is 4.21 Å². The average molecular weight is 277 g/mol. The number of allylic oxidation sites excluding steroid dienone is 1. The molecule has 2 rings (SSSR count). The number of guanidine groups is 1. The van der Waals surface area contributed by atoms with Crippen LogP contribution in [0.3, 0.4) is 0 Å². The molecule has 1 unspecified atom stereocenters. The molecule has 1 saturated carbocycles. The zero-order chi connectivity index (χ0) is 12.5. The molecule has 0 amide bonds. The first kappa shape index (κ1) is 12.5. The Labute approximate surface area is 108 Å². The highest BCUT2D eigenvalue weighted by molar-refractivity contribution is 8.06. The van der Waals surface area contributed by atoms with Crippen molar-refractivity contribution in [2.75, 3.05) is 13.6 Å². The van der Waals surface area contributed by atoms with Crippen LogP contribution in [0, 0.1) is 16.0 Å². The lowest BCUT2D eigenvalue weighted by Gasteiger charge is -2.17. The van der Waals surface area contributed by atoms with Crippen LogP contribution in [0.1, 0.15) is 12.8 Å². The molecule has 0 bridgehead atoms. The van der Waals surface area contributed by atoms with Gasteiger partial charge in [-0.25, -0.2) is 10.1 Å². The summed E-state index contributed by atoms with van der Waals surface area (Å²) in [5, 5.41) is 18.2. The predicted octanol–water partition coefficient (Wildman–Crippen LogP) is 1.32. The maximum absolute atomic E-state index is 10.2. The van der Waals surface area contributed by atoms with Crippen molar-refractivity contribution in [1.82, 2.24) is 10.6 Å². The normalized spacial score (nSPS) is 31.3. The second-order valence-electron chi connectivity index (χ2n) is 3.99. The summed E-state index contributed by atoms with van der Waals surface area (Å²) in [5.74, 6) is 0.743. The molecule has 94 valence electrons. The van der Waals surface area contributed by atoms with E-state index >= 15 is 0 Å². The molecule has 0 saturated heterocycles. The SMILES string of the molecule is CN/C(=N\[N+](=O)[O-])NCC1=CC[C@@H]2CC2(Cl)S1. The molecule has 1 aliphatic heterocycles. The van der Waals surface area contributed by atoms with Gasteiger partial charge in [0.2, 0.25) is 0 Å². The number of alkyl halides is 1. The molecule has 0 spiro atoms.